The van der Waals surface area contributed by atoms with Crippen LogP contribution in [0.4, 0.5) is 0 Å². The van der Waals surface area contributed by atoms with Gasteiger partial charge < -0.3 is 33.2 Å². The van der Waals surface area contributed by atoms with E-state index in [1.807, 2.05) is 36.4 Å². The SMILES string of the molecule is CCCCCCCCCCOc1cc2c(c(OCCCCCCCCCC)c1OCCCCCCCCCC)C(=O)c1cc(OCCCCCCCCCC)c(OCCCCCCCCCC)c(OCCCCCCCCCCCCCCOc3ccc(-c4ccc(C#N)cc4)cc3)c1C2=O. The summed E-state index contributed by atoms with van der Waals surface area (Å²) in [6.45, 7) is 14.7. The third-order valence-electron chi connectivity index (χ3n) is 20.3. The standard InChI is InChI=1S/C91H143NO9/c1-6-11-16-21-26-37-45-52-67-96-82-73-80-84(90(100-71-56-49-41-30-25-20-15-10-5)88(82)98-69-54-47-39-28-23-18-13-8-3)86(93)81-74-83(97-68-53-46-38-27-22-17-12-7-2)89(99-70-55-48-40-29-24-19-14-9-4)91(85(81)87(80)94)101-72-57-50-43-36-34-32-31-33-35-42-44-51-66-95-79-64-62-78(63-65-79)77-60-58-76(75-92)59-61-77/h58-65,73-74H,6-57,66-72H2,1-5H3. The molecule has 0 atom stereocenters. The molecule has 101 heavy (non-hydrogen) atoms. The first-order valence-corrected chi connectivity index (χ1v) is 42.4. The summed E-state index contributed by atoms with van der Waals surface area (Å²) in [7, 11) is 0. The normalized spacial score (nSPS) is 11.8. The van der Waals surface area contributed by atoms with Crippen LogP contribution in [0.25, 0.3) is 11.1 Å². The quantitative estimate of drug-likeness (QED) is 0.0348. The molecular weight excluding hydrogens is 1250 g/mol. The van der Waals surface area contributed by atoms with Crippen LogP contribution in [-0.4, -0.2) is 57.8 Å². The fourth-order valence-electron chi connectivity index (χ4n) is 14.0. The molecule has 0 bridgehead atoms. The Kier molecular flexibility index (Phi) is 49.1. The van der Waals surface area contributed by atoms with Gasteiger partial charge in [-0.05, 0) is 92.5 Å². The maximum atomic E-state index is 16.0. The molecule has 1 aliphatic carbocycles. The summed E-state index contributed by atoms with van der Waals surface area (Å²) in [6, 6.07) is 21.7. The highest BCUT2D eigenvalue weighted by atomic mass is 16.5. The van der Waals surface area contributed by atoms with E-state index in [9.17, 15) is 0 Å². The third-order valence-corrected chi connectivity index (χ3v) is 20.3. The second kappa shape index (κ2) is 57.7. The molecule has 566 valence electrons. The van der Waals surface area contributed by atoms with Crippen molar-refractivity contribution in [3.63, 3.8) is 0 Å². The molecule has 0 fully saturated rings. The lowest BCUT2D eigenvalue weighted by Gasteiger charge is -2.27. The number of fused-ring (bicyclic) bond motifs is 2. The summed E-state index contributed by atoms with van der Waals surface area (Å²) in [6.07, 6.45) is 60.6. The molecule has 5 rings (SSSR count). The van der Waals surface area contributed by atoms with Crippen molar-refractivity contribution in [1.29, 1.82) is 5.26 Å². The second-order valence-corrected chi connectivity index (χ2v) is 29.3. The highest BCUT2D eigenvalue weighted by molar-refractivity contribution is 6.31. The lowest BCUT2D eigenvalue weighted by atomic mass is 9.82. The smallest absolute Gasteiger partial charge is 0.204 e. The van der Waals surface area contributed by atoms with Gasteiger partial charge in [0.2, 0.25) is 11.5 Å². The van der Waals surface area contributed by atoms with Crippen LogP contribution < -0.4 is 33.2 Å². The van der Waals surface area contributed by atoms with Crippen LogP contribution in [0.5, 0.6) is 40.2 Å². The average molecular weight is 1400 g/mol. The minimum Gasteiger partial charge on any atom is -0.494 e. The summed E-state index contributed by atoms with van der Waals surface area (Å²) in [5.41, 5.74) is 3.93. The van der Waals surface area contributed by atoms with E-state index in [2.05, 4.69) is 52.8 Å². The zero-order chi connectivity index (χ0) is 71.7. The second-order valence-electron chi connectivity index (χ2n) is 29.3. The zero-order valence-electron chi connectivity index (χ0n) is 65.1. The Morgan fingerprint density at radius 1 is 0.257 bits per heavy atom. The van der Waals surface area contributed by atoms with E-state index in [-0.39, 0.29) is 33.8 Å². The van der Waals surface area contributed by atoms with Crippen LogP contribution in [-0.2, 0) is 0 Å². The van der Waals surface area contributed by atoms with Gasteiger partial charge in [-0.15, -0.1) is 0 Å². The van der Waals surface area contributed by atoms with Gasteiger partial charge in [-0.25, -0.2) is 0 Å². The van der Waals surface area contributed by atoms with Crippen LogP contribution in [0, 0.1) is 11.3 Å². The molecule has 10 nitrogen and oxygen atoms in total. The van der Waals surface area contributed by atoms with Gasteiger partial charge in [0.25, 0.3) is 0 Å². The molecule has 0 heterocycles. The van der Waals surface area contributed by atoms with E-state index >= 15 is 9.59 Å². The lowest BCUT2D eigenvalue weighted by molar-refractivity contribution is 0.0968. The highest BCUT2D eigenvalue weighted by Gasteiger charge is 2.41. The minimum absolute atomic E-state index is 0.250. The van der Waals surface area contributed by atoms with Crippen molar-refractivity contribution in [3.05, 3.63) is 88.5 Å². The van der Waals surface area contributed by atoms with Gasteiger partial charge >= 0.3 is 0 Å². The summed E-state index contributed by atoms with van der Waals surface area (Å²) >= 11 is 0. The summed E-state index contributed by atoms with van der Waals surface area (Å²) in [4.78, 5) is 31.9. The topological polar surface area (TPSA) is 123 Å². The van der Waals surface area contributed by atoms with Crippen molar-refractivity contribution in [2.45, 2.75) is 369 Å². The first kappa shape index (κ1) is 86.0. The Bertz CT molecular complexity index is 2780. The summed E-state index contributed by atoms with van der Waals surface area (Å²) < 4.78 is 47.3. The molecule has 0 saturated carbocycles. The van der Waals surface area contributed by atoms with Crippen molar-refractivity contribution in [3.8, 4) is 57.4 Å². The average Bonchev–Trinajstić information content (AvgIpc) is 0.724. The molecule has 4 aromatic carbocycles. The largest absolute Gasteiger partial charge is 0.494 e. The molecule has 0 aliphatic heterocycles. The first-order valence-electron chi connectivity index (χ1n) is 42.4. The van der Waals surface area contributed by atoms with Gasteiger partial charge in [0.15, 0.2) is 34.6 Å². The van der Waals surface area contributed by atoms with E-state index < -0.39 is 0 Å². The van der Waals surface area contributed by atoms with Crippen molar-refractivity contribution in [2.75, 3.05) is 46.2 Å². The number of ketones is 2. The van der Waals surface area contributed by atoms with Crippen molar-refractivity contribution < 1.29 is 42.7 Å². The van der Waals surface area contributed by atoms with Crippen molar-refractivity contribution >= 4 is 11.6 Å². The van der Waals surface area contributed by atoms with Crippen LogP contribution in [0.3, 0.4) is 0 Å². The molecule has 0 N–H and O–H groups in total. The highest BCUT2D eigenvalue weighted by Crippen LogP contribution is 2.51. The monoisotopic (exact) mass is 1390 g/mol. The number of nitrogens with zero attached hydrogens (tertiary/aromatic N) is 1. The van der Waals surface area contributed by atoms with Gasteiger partial charge in [0.05, 0.1) is 69.0 Å². The maximum Gasteiger partial charge on any atom is 0.204 e. The van der Waals surface area contributed by atoms with Gasteiger partial charge in [-0.2, -0.15) is 5.26 Å². The number of hydrogen-bond acceptors (Lipinski definition) is 10. The number of carbonyl (C=O) groups excluding carboxylic acids is 2. The summed E-state index contributed by atoms with van der Waals surface area (Å²) in [5.74, 6) is 2.81. The molecule has 10 heteroatoms. The van der Waals surface area contributed by atoms with Gasteiger partial charge in [0, 0.05) is 11.1 Å². The van der Waals surface area contributed by atoms with Gasteiger partial charge in [-0.3, -0.25) is 9.59 Å². The van der Waals surface area contributed by atoms with E-state index in [4.69, 9.17) is 38.4 Å². The number of unbranched alkanes of at least 4 members (excludes halogenated alkanes) is 46. The fraction of sp³-hybridized carbons (Fsp3) is 0.703. The van der Waals surface area contributed by atoms with Crippen LogP contribution in [0.15, 0.2) is 60.7 Å². The van der Waals surface area contributed by atoms with Crippen LogP contribution >= 0.6 is 0 Å². The van der Waals surface area contributed by atoms with E-state index in [0.717, 1.165) is 145 Å². The number of ether oxygens (including phenoxy) is 7. The van der Waals surface area contributed by atoms with E-state index in [1.54, 1.807) is 12.1 Å². The molecule has 1 aliphatic rings. The van der Waals surface area contributed by atoms with Gasteiger partial charge in [0.1, 0.15) is 5.75 Å². The molecule has 0 radical (unpaired) electrons. The van der Waals surface area contributed by atoms with Crippen LogP contribution in [0.1, 0.15) is 406 Å². The molecule has 0 spiro atoms. The van der Waals surface area contributed by atoms with Crippen LogP contribution in [0.2, 0.25) is 0 Å². The number of nitriles is 1. The Labute approximate surface area is 617 Å². The van der Waals surface area contributed by atoms with Crippen molar-refractivity contribution in [2.24, 2.45) is 0 Å². The molecular formula is C91H143NO9. The van der Waals surface area contributed by atoms with Crippen molar-refractivity contribution in [1.82, 2.24) is 0 Å². The van der Waals surface area contributed by atoms with Gasteiger partial charge in [-0.1, -0.05) is 348 Å². The molecule has 0 aromatic heterocycles. The number of carbonyl (C=O) groups is 2. The molecule has 4 aromatic rings. The summed E-state index contributed by atoms with van der Waals surface area (Å²) in [5, 5.41) is 9.13. The third kappa shape index (κ3) is 35.6. The molecule has 0 unspecified atom stereocenters. The van der Waals surface area contributed by atoms with E-state index in [1.165, 1.54) is 212 Å². The molecule has 0 saturated heterocycles. The lowest BCUT2D eigenvalue weighted by Crippen LogP contribution is -2.25. The Morgan fingerprint density at radius 2 is 0.475 bits per heavy atom. The maximum absolute atomic E-state index is 16.0. The Hall–Kier alpha value is -5.69. The Balaban J connectivity index is 1.34. The number of rotatable bonds is 68. The molecule has 0 amide bonds. The first-order chi connectivity index (χ1) is 49.9. The van der Waals surface area contributed by atoms with E-state index in [0.29, 0.717) is 79.7 Å². The number of hydrogen-bond donors (Lipinski definition) is 0. The number of benzene rings is 4. The predicted molar refractivity (Wildman–Crippen MR) is 423 cm³/mol. The fourth-order valence-corrected chi connectivity index (χ4v) is 14.0. The zero-order valence-corrected chi connectivity index (χ0v) is 65.1. The predicted octanol–water partition coefficient (Wildman–Crippen LogP) is 27.7. The Morgan fingerprint density at radius 3 is 0.733 bits per heavy atom. The minimum atomic E-state index is -0.284.